The Morgan fingerprint density at radius 2 is 2.08 bits per heavy atom. The van der Waals surface area contributed by atoms with Crippen molar-refractivity contribution in [1.82, 2.24) is 0 Å². The first-order chi connectivity index (χ1) is 11.7. The number of nitriles is 1. The van der Waals surface area contributed by atoms with Crippen LogP contribution in [0, 0.1) is 17.2 Å². The van der Waals surface area contributed by atoms with Gasteiger partial charge in [0.05, 0.1) is 11.3 Å². The van der Waals surface area contributed by atoms with Crippen LogP contribution in [0.3, 0.4) is 0 Å². The molecular weight excluding hydrogens is 322 g/mol. The number of amides is 1. The molecule has 0 bridgehead atoms. The molecule has 1 fully saturated rings. The Bertz CT molecular complexity index is 793. The van der Waals surface area contributed by atoms with E-state index in [1.54, 1.807) is 18.2 Å². The van der Waals surface area contributed by atoms with Crippen molar-refractivity contribution in [2.45, 2.75) is 25.8 Å². The highest BCUT2D eigenvalue weighted by molar-refractivity contribution is 6.30. The summed E-state index contributed by atoms with van der Waals surface area (Å²) in [7, 11) is 0. The highest BCUT2D eigenvalue weighted by atomic mass is 35.5. The topological polar surface area (TPSA) is 64.9 Å². The SMILES string of the molecule is N#Cc1cc(Cl)ccc1NCc1cccc(NC(=O)C2CCC2)c1. The van der Waals surface area contributed by atoms with Crippen molar-refractivity contribution < 1.29 is 4.79 Å². The lowest BCUT2D eigenvalue weighted by molar-refractivity contribution is -0.122. The van der Waals surface area contributed by atoms with Crippen LogP contribution >= 0.6 is 11.6 Å². The van der Waals surface area contributed by atoms with Gasteiger partial charge in [-0.25, -0.2) is 0 Å². The van der Waals surface area contributed by atoms with Gasteiger partial charge >= 0.3 is 0 Å². The van der Waals surface area contributed by atoms with Crippen molar-refractivity contribution >= 4 is 28.9 Å². The van der Waals surface area contributed by atoms with Gasteiger partial charge in [-0.15, -0.1) is 0 Å². The molecule has 2 aromatic carbocycles. The molecule has 122 valence electrons. The van der Waals surface area contributed by atoms with Gasteiger partial charge in [-0.1, -0.05) is 30.2 Å². The van der Waals surface area contributed by atoms with Crippen LogP contribution in [-0.4, -0.2) is 5.91 Å². The minimum atomic E-state index is 0.107. The molecule has 0 aliphatic heterocycles. The van der Waals surface area contributed by atoms with E-state index in [2.05, 4.69) is 16.7 Å². The van der Waals surface area contributed by atoms with Gasteiger partial charge in [0.25, 0.3) is 0 Å². The minimum absolute atomic E-state index is 0.107. The lowest BCUT2D eigenvalue weighted by Gasteiger charge is -2.24. The third-order valence-electron chi connectivity index (χ3n) is 4.26. The van der Waals surface area contributed by atoms with E-state index >= 15 is 0 Å². The smallest absolute Gasteiger partial charge is 0.227 e. The molecule has 1 aliphatic rings. The van der Waals surface area contributed by atoms with Gasteiger partial charge in [0.1, 0.15) is 6.07 Å². The van der Waals surface area contributed by atoms with Crippen LogP contribution in [0.15, 0.2) is 42.5 Å². The van der Waals surface area contributed by atoms with Crippen LogP contribution in [0.1, 0.15) is 30.4 Å². The maximum Gasteiger partial charge on any atom is 0.227 e. The zero-order valence-electron chi connectivity index (χ0n) is 13.2. The Hall–Kier alpha value is -2.51. The van der Waals surface area contributed by atoms with E-state index < -0.39 is 0 Å². The van der Waals surface area contributed by atoms with Crippen molar-refractivity contribution in [2.24, 2.45) is 5.92 Å². The van der Waals surface area contributed by atoms with Crippen LogP contribution in [0.4, 0.5) is 11.4 Å². The van der Waals surface area contributed by atoms with E-state index in [1.165, 1.54) is 0 Å². The second kappa shape index (κ2) is 7.37. The summed E-state index contributed by atoms with van der Waals surface area (Å²) in [6.45, 7) is 0.559. The molecule has 2 N–H and O–H groups in total. The van der Waals surface area contributed by atoms with Crippen LogP contribution in [0.5, 0.6) is 0 Å². The molecule has 0 saturated heterocycles. The number of nitrogens with zero attached hydrogens (tertiary/aromatic N) is 1. The number of anilines is 2. The Morgan fingerprint density at radius 1 is 1.25 bits per heavy atom. The molecule has 24 heavy (non-hydrogen) atoms. The predicted molar refractivity (Wildman–Crippen MR) is 95.9 cm³/mol. The molecule has 1 amide bonds. The number of halogens is 1. The van der Waals surface area contributed by atoms with E-state index in [0.29, 0.717) is 17.1 Å². The number of benzene rings is 2. The molecule has 0 unspecified atom stereocenters. The molecule has 1 aliphatic carbocycles. The van der Waals surface area contributed by atoms with E-state index in [1.807, 2.05) is 24.3 Å². The van der Waals surface area contributed by atoms with E-state index in [9.17, 15) is 4.79 Å². The first kappa shape index (κ1) is 16.4. The van der Waals surface area contributed by atoms with Gasteiger partial charge in [0.15, 0.2) is 0 Å². The highest BCUT2D eigenvalue weighted by Crippen LogP contribution is 2.27. The second-order valence-corrected chi connectivity index (χ2v) is 6.41. The summed E-state index contributed by atoms with van der Waals surface area (Å²) in [5.74, 6) is 0.273. The van der Waals surface area contributed by atoms with Gasteiger partial charge in [0.2, 0.25) is 5.91 Å². The molecule has 0 radical (unpaired) electrons. The summed E-state index contributed by atoms with van der Waals surface area (Å²) >= 11 is 5.91. The Balaban J connectivity index is 1.64. The summed E-state index contributed by atoms with van der Waals surface area (Å²) in [4.78, 5) is 12.0. The standard InChI is InChI=1S/C19H18ClN3O/c20-16-7-8-18(15(10-16)11-21)22-12-13-3-1-6-17(9-13)23-19(24)14-4-2-5-14/h1,3,6-10,14,22H,2,4-5,12H2,(H,23,24). The fourth-order valence-corrected chi connectivity index (χ4v) is 2.81. The van der Waals surface area contributed by atoms with E-state index in [0.717, 1.165) is 36.2 Å². The first-order valence-electron chi connectivity index (χ1n) is 7.99. The number of carbonyl (C=O) groups excluding carboxylic acids is 1. The number of hydrogen-bond acceptors (Lipinski definition) is 3. The lowest BCUT2D eigenvalue weighted by Crippen LogP contribution is -2.28. The van der Waals surface area contributed by atoms with Gasteiger partial charge in [-0.2, -0.15) is 5.26 Å². The number of rotatable bonds is 5. The largest absolute Gasteiger partial charge is 0.380 e. The Morgan fingerprint density at radius 3 is 2.79 bits per heavy atom. The molecule has 1 saturated carbocycles. The maximum atomic E-state index is 12.0. The lowest BCUT2D eigenvalue weighted by atomic mass is 9.85. The van der Waals surface area contributed by atoms with E-state index in [-0.39, 0.29) is 11.8 Å². The van der Waals surface area contributed by atoms with Gasteiger partial charge < -0.3 is 10.6 Å². The minimum Gasteiger partial charge on any atom is -0.380 e. The normalized spacial score (nSPS) is 13.7. The van der Waals surface area contributed by atoms with Crippen molar-refractivity contribution in [3.05, 3.63) is 58.6 Å². The average Bonchev–Trinajstić information content (AvgIpc) is 2.52. The predicted octanol–water partition coefficient (Wildman–Crippen LogP) is 4.56. The first-order valence-corrected chi connectivity index (χ1v) is 8.37. The summed E-state index contributed by atoms with van der Waals surface area (Å²) in [6, 6.07) is 15.1. The van der Waals surface area contributed by atoms with Crippen LogP contribution < -0.4 is 10.6 Å². The fraction of sp³-hybridized carbons (Fsp3) is 0.263. The van der Waals surface area contributed by atoms with Crippen LogP contribution in [-0.2, 0) is 11.3 Å². The molecule has 0 heterocycles. The van der Waals surface area contributed by atoms with Crippen molar-refractivity contribution in [3.63, 3.8) is 0 Å². The Labute approximate surface area is 146 Å². The van der Waals surface area contributed by atoms with Gasteiger partial charge in [0, 0.05) is 23.2 Å². The van der Waals surface area contributed by atoms with Gasteiger partial charge in [-0.3, -0.25) is 4.79 Å². The van der Waals surface area contributed by atoms with Crippen LogP contribution in [0.25, 0.3) is 0 Å². The maximum absolute atomic E-state index is 12.0. The summed E-state index contributed by atoms with van der Waals surface area (Å²) in [6.07, 6.45) is 3.12. The van der Waals surface area contributed by atoms with E-state index in [4.69, 9.17) is 16.9 Å². The third kappa shape index (κ3) is 3.87. The molecule has 2 aromatic rings. The second-order valence-electron chi connectivity index (χ2n) is 5.97. The molecule has 0 aromatic heterocycles. The molecule has 5 heteroatoms. The quantitative estimate of drug-likeness (QED) is 0.839. The average molecular weight is 340 g/mol. The monoisotopic (exact) mass is 339 g/mol. The third-order valence-corrected chi connectivity index (χ3v) is 4.49. The number of carbonyl (C=O) groups is 1. The number of nitrogens with one attached hydrogen (secondary N) is 2. The van der Waals surface area contributed by atoms with Crippen molar-refractivity contribution in [3.8, 4) is 6.07 Å². The number of hydrogen-bond donors (Lipinski definition) is 2. The zero-order valence-corrected chi connectivity index (χ0v) is 13.9. The summed E-state index contributed by atoms with van der Waals surface area (Å²) < 4.78 is 0. The van der Waals surface area contributed by atoms with Crippen LogP contribution in [0.2, 0.25) is 5.02 Å². The molecule has 0 atom stereocenters. The molecule has 3 rings (SSSR count). The summed E-state index contributed by atoms with van der Waals surface area (Å²) in [5, 5.41) is 15.9. The Kier molecular flexibility index (Phi) is 5.02. The highest BCUT2D eigenvalue weighted by Gasteiger charge is 2.25. The molecule has 4 nitrogen and oxygen atoms in total. The van der Waals surface area contributed by atoms with Gasteiger partial charge in [-0.05, 0) is 48.7 Å². The van der Waals surface area contributed by atoms with Crippen molar-refractivity contribution in [2.75, 3.05) is 10.6 Å². The summed E-state index contributed by atoms with van der Waals surface area (Å²) in [5.41, 5.74) is 3.09. The zero-order chi connectivity index (χ0) is 16.9. The molecular formula is C19H18ClN3O. The van der Waals surface area contributed by atoms with Crippen molar-refractivity contribution in [1.29, 1.82) is 5.26 Å². The molecule has 0 spiro atoms. The fourth-order valence-electron chi connectivity index (χ4n) is 2.63.